The van der Waals surface area contributed by atoms with Crippen LogP contribution in [0, 0.1) is 6.42 Å². The van der Waals surface area contributed by atoms with Gasteiger partial charge in [0.2, 0.25) is 0 Å². The molecule has 0 heteroatoms. The molecule has 0 aromatic rings. The smallest absolute Gasteiger partial charge is 0.0124 e. The molecular formula is C6H7. The highest BCUT2D eigenvalue weighted by Gasteiger charge is 2.02. The number of allylic oxidation sites excluding steroid dienone is 3. The first kappa shape index (κ1) is 3.66. The van der Waals surface area contributed by atoms with Crippen LogP contribution in [0.2, 0.25) is 0 Å². The van der Waals surface area contributed by atoms with E-state index in [1.165, 1.54) is 11.1 Å². The molecule has 1 aliphatic carbocycles. The molecule has 0 amide bonds. The summed E-state index contributed by atoms with van der Waals surface area (Å²) in [6.07, 6.45) is 4.07. The molecule has 1 aliphatic rings. The first-order valence-electron chi connectivity index (χ1n) is 2.01. The van der Waals surface area contributed by atoms with Gasteiger partial charge in [-0.2, -0.15) is 0 Å². The summed E-state index contributed by atoms with van der Waals surface area (Å²) in [6.45, 7) is 5.78. The van der Waals surface area contributed by atoms with Crippen molar-refractivity contribution in [3.8, 4) is 0 Å². The van der Waals surface area contributed by atoms with E-state index in [0.29, 0.717) is 0 Å². The average molecular weight is 79.1 g/mol. The fraction of sp³-hybridized carbons (Fsp3) is 0.167. The monoisotopic (exact) mass is 79.1 g/mol. The van der Waals surface area contributed by atoms with Gasteiger partial charge < -0.3 is 0 Å². The predicted octanol–water partition coefficient (Wildman–Crippen LogP) is 1.71. The maximum atomic E-state index is 3.72. The molecule has 0 bridgehead atoms. The van der Waals surface area contributed by atoms with Crippen molar-refractivity contribution in [2.45, 2.75) is 6.92 Å². The van der Waals surface area contributed by atoms with Crippen LogP contribution in [-0.4, -0.2) is 0 Å². The Morgan fingerprint density at radius 2 is 2.17 bits per heavy atom. The predicted molar refractivity (Wildman–Crippen MR) is 27.2 cm³/mol. The second-order valence-electron chi connectivity index (χ2n) is 1.54. The lowest BCUT2D eigenvalue weighted by atomic mass is 9.95. The minimum absolute atomic E-state index is 1.18. The van der Waals surface area contributed by atoms with Crippen molar-refractivity contribution < 1.29 is 0 Å². The van der Waals surface area contributed by atoms with E-state index in [1.807, 2.05) is 6.42 Å². The van der Waals surface area contributed by atoms with Crippen molar-refractivity contribution in [2.75, 3.05) is 0 Å². The van der Waals surface area contributed by atoms with Gasteiger partial charge >= 0.3 is 0 Å². The van der Waals surface area contributed by atoms with Crippen LogP contribution in [-0.2, 0) is 0 Å². The number of rotatable bonds is 0. The van der Waals surface area contributed by atoms with Crippen LogP contribution in [0.1, 0.15) is 6.92 Å². The molecule has 0 nitrogen and oxygen atoms in total. The second-order valence-corrected chi connectivity index (χ2v) is 1.54. The third kappa shape index (κ3) is 0.298. The van der Waals surface area contributed by atoms with Gasteiger partial charge in [-0.1, -0.05) is 18.2 Å². The van der Waals surface area contributed by atoms with Gasteiger partial charge in [-0.05, 0) is 12.5 Å². The SMILES string of the molecule is C=C1[CH]C=C1C. The minimum atomic E-state index is 1.18. The zero-order valence-corrected chi connectivity index (χ0v) is 3.86. The van der Waals surface area contributed by atoms with Crippen LogP contribution in [0.3, 0.4) is 0 Å². The lowest BCUT2D eigenvalue weighted by molar-refractivity contribution is 1.29. The van der Waals surface area contributed by atoms with Crippen molar-refractivity contribution in [2.24, 2.45) is 0 Å². The van der Waals surface area contributed by atoms with Gasteiger partial charge in [-0.15, -0.1) is 0 Å². The Hall–Kier alpha value is -0.520. The molecule has 0 fully saturated rings. The molecule has 0 saturated carbocycles. The Bertz CT molecular complexity index is 107. The largest absolute Gasteiger partial charge is 0.0949 e. The van der Waals surface area contributed by atoms with Gasteiger partial charge in [0.15, 0.2) is 0 Å². The second kappa shape index (κ2) is 0.970. The molecule has 0 atom stereocenters. The van der Waals surface area contributed by atoms with Crippen molar-refractivity contribution in [3.05, 3.63) is 30.2 Å². The fourth-order valence-electron chi connectivity index (χ4n) is 0.368. The van der Waals surface area contributed by atoms with Gasteiger partial charge in [-0.3, -0.25) is 0 Å². The lowest BCUT2D eigenvalue weighted by Gasteiger charge is -2.10. The van der Waals surface area contributed by atoms with Crippen LogP contribution in [0.25, 0.3) is 0 Å². The molecule has 0 heterocycles. The summed E-state index contributed by atoms with van der Waals surface area (Å²) in [5.74, 6) is 0. The zero-order valence-electron chi connectivity index (χ0n) is 3.86. The van der Waals surface area contributed by atoms with Crippen LogP contribution >= 0.6 is 0 Å². The van der Waals surface area contributed by atoms with Gasteiger partial charge in [0.1, 0.15) is 0 Å². The Morgan fingerprint density at radius 3 is 2.17 bits per heavy atom. The Kier molecular flexibility index (Phi) is 0.592. The molecule has 0 unspecified atom stereocenters. The van der Waals surface area contributed by atoms with Crippen molar-refractivity contribution in [3.63, 3.8) is 0 Å². The Morgan fingerprint density at radius 1 is 1.67 bits per heavy atom. The zero-order chi connectivity index (χ0) is 4.57. The van der Waals surface area contributed by atoms with Crippen LogP contribution in [0.15, 0.2) is 23.8 Å². The van der Waals surface area contributed by atoms with Gasteiger partial charge in [0.25, 0.3) is 0 Å². The molecule has 0 spiro atoms. The van der Waals surface area contributed by atoms with E-state index in [2.05, 4.69) is 19.6 Å². The highest BCUT2D eigenvalue weighted by atomic mass is 14.1. The minimum Gasteiger partial charge on any atom is -0.0949 e. The standard InChI is InChI=1S/C6H7/c1-5-3-4-6(5)2/h3-4H,1H2,2H3. The number of hydrogen-bond acceptors (Lipinski definition) is 0. The van der Waals surface area contributed by atoms with Crippen LogP contribution in [0.5, 0.6) is 0 Å². The molecular weight excluding hydrogens is 72.1 g/mol. The Labute approximate surface area is 38.2 Å². The molecule has 0 aromatic carbocycles. The van der Waals surface area contributed by atoms with E-state index in [4.69, 9.17) is 0 Å². The summed E-state index contributed by atoms with van der Waals surface area (Å²) in [5, 5.41) is 0. The van der Waals surface area contributed by atoms with Crippen molar-refractivity contribution >= 4 is 0 Å². The topological polar surface area (TPSA) is 0 Å². The lowest BCUT2D eigenvalue weighted by Crippen LogP contribution is -1.92. The summed E-state index contributed by atoms with van der Waals surface area (Å²) in [6, 6.07) is 0. The Balaban J connectivity index is 2.75. The highest BCUT2D eigenvalue weighted by molar-refractivity contribution is 5.48. The van der Waals surface area contributed by atoms with E-state index in [-0.39, 0.29) is 0 Å². The van der Waals surface area contributed by atoms with Crippen LogP contribution in [0.4, 0.5) is 0 Å². The first-order chi connectivity index (χ1) is 2.80. The average Bonchev–Trinajstić information content (AvgIpc) is 1.61. The number of hydrogen-bond donors (Lipinski definition) is 0. The molecule has 1 rings (SSSR count). The fourth-order valence-corrected chi connectivity index (χ4v) is 0.368. The van der Waals surface area contributed by atoms with Gasteiger partial charge in [-0.25, -0.2) is 0 Å². The van der Waals surface area contributed by atoms with E-state index in [1.54, 1.807) is 0 Å². The van der Waals surface area contributed by atoms with E-state index < -0.39 is 0 Å². The third-order valence-electron chi connectivity index (χ3n) is 1.04. The molecule has 31 valence electrons. The molecule has 6 heavy (non-hydrogen) atoms. The van der Waals surface area contributed by atoms with Gasteiger partial charge in [0, 0.05) is 6.42 Å². The summed E-state index contributed by atoms with van der Waals surface area (Å²) < 4.78 is 0. The molecule has 1 radical (unpaired) electrons. The third-order valence-corrected chi connectivity index (χ3v) is 1.04. The first-order valence-corrected chi connectivity index (χ1v) is 2.01. The van der Waals surface area contributed by atoms with Crippen LogP contribution < -0.4 is 0 Å². The van der Waals surface area contributed by atoms with Crippen molar-refractivity contribution in [1.82, 2.24) is 0 Å². The summed E-state index contributed by atoms with van der Waals surface area (Å²) in [5.41, 5.74) is 2.49. The van der Waals surface area contributed by atoms with E-state index in [9.17, 15) is 0 Å². The molecule has 0 aromatic heterocycles. The quantitative estimate of drug-likeness (QED) is 0.414. The molecule has 0 aliphatic heterocycles. The maximum absolute atomic E-state index is 3.72. The maximum Gasteiger partial charge on any atom is 0.0124 e. The summed E-state index contributed by atoms with van der Waals surface area (Å²) >= 11 is 0. The van der Waals surface area contributed by atoms with Crippen molar-refractivity contribution in [1.29, 1.82) is 0 Å². The van der Waals surface area contributed by atoms with E-state index in [0.717, 1.165) is 0 Å². The molecule has 0 saturated heterocycles. The normalized spacial score (nSPS) is 19.5. The summed E-state index contributed by atoms with van der Waals surface area (Å²) in [4.78, 5) is 0. The highest BCUT2D eigenvalue weighted by Crippen LogP contribution is 2.20. The summed E-state index contributed by atoms with van der Waals surface area (Å²) in [7, 11) is 0. The van der Waals surface area contributed by atoms with E-state index >= 15 is 0 Å². The van der Waals surface area contributed by atoms with Gasteiger partial charge in [0.05, 0.1) is 0 Å². The molecule has 0 N–H and O–H groups in total.